The van der Waals surface area contributed by atoms with Gasteiger partial charge >= 0.3 is 0 Å². The van der Waals surface area contributed by atoms with Crippen molar-refractivity contribution in [2.75, 3.05) is 0 Å². The van der Waals surface area contributed by atoms with E-state index in [-0.39, 0.29) is 23.7 Å². The summed E-state index contributed by atoms with van der Waals surface area (Å²) in [5.74, 6) is -2.11. The van der Waals surface area contributed by atoms with Gasteiger partial charge in [-0.3, -0.25) is 0 Å². The number of rotatable bonds is 0. The van der Waals surface area contributed by atoms with E-state index in [1.165, 1.54) is 0 Å². The Balaban J connectivity index is 1.83. The Morgan fingerprint density at radius 3 is 2.67 bits per heavy atom. The van der Waals surface area contributed by atoms with Crippen LogP contribution in [0.5, 0.6) is 0 Å². The quantitative estimate of drug-likeness (QED) is 0.481. The maximum atomic E-state index is 14.1. The first-order valence-corrected chi connectivity index (χ1v) is 5.77. The van der Waals surface area contributed by atoms with Crippen LogP contribution in [0.2, 0.25) is 0 Å². The first kappa shape index (κ1) is 7.58. The lowest BCUT2D eigenvalue weighted by Crippen LogP contribution is -2.53. The number of hydrogen-bond donors (Lipinski definition) is 1. The lowest BCUT2D eigenvalue weighted by atomic mass is 9.58. The highest BCUT2D eigenvalue weighted by atomic mass is 19.3. The molecule has 5 rings (SSSR count). The van der Waals surface area contributed by atoms with Gasteiger partial charge in [-0.25, -0.2) is 8.78 Å². The Morgan fingerprint density at radius 2 is 1.93 bits per heavy atom. The topological polar surface area (TPSA) is 32.6 Å². The van der Waals surface area contributed by atoms with Crippen molar-refractivity contribution in [1.29, 1.82) is 0 Å². The van der Waals surface area contributed by atoms with Crippen LogP contribution in [0, 0.1) is 47.3 Å². The predicted molar refractivity (Wildman–Crippen MR) is 46.7 cm³/mol. The Morgan fingerprint density at radius 1 is 1.13 bits per heavy atom. The van der Waals surface area contributed by atoms with Gasteiger partial charge in [0.1, 0.15) is 0 Å². The molecular formula is C11H11F2NO. The van der Waals surface area contributed by atoms with Gasteiger partial charge in [-0.2, -0.15) is 0 Å². The number of nitrogens with zero attached hydrogens (tertiary/aromatic N) is 1. The summed E-state index contributed by atoms with van der Waals surface area (Å²) in [5, 5.41) is 12.4. The molecule has 5 aliphatic carbocycles. The zero-order valence-electron chi connectivity index (χ0n) is 7.98. The summed E-state index contributed by atoms with van der Waals surface area (Å²) in [6.45, 7) is 0. The standard InChI is InChI=1S/C11H11F2NO/c12-11(13)8-3-1-2-4-5(3)9(11)7(4)10(14-15)6(2)8/h2-9,15H,1H2/b14-10+. The van der Waals surface area contributed by atoms with E-state index in [1.807, 2.05) is 0 Å². The van der Waals surface area contributed by atoms with E-state index < -0.39 is 17.8 Å². The van der Waals surface area contributed by atoms with E-state index in [0.717, 1.165) is 12.1 Å². The molecule has 1 N–H and O–H groups in total. The minimum absolute atomic E-state index is 0.0613. The van der Waals surface area contributed by atoms with Crippen LogP contribution in [-0.2, 0) is 0 Å². The van der Waals surface area contributed by atoms with Crippen LogP contribution in [0.25, 0.3) is 0 Å². The molecule has 0 aliphatic heterocycles. The van der Waals surface area contributed by atoms with Gasteiger partial charge in [0.15, 0.2) is 0 Å². The molecule has 5 fully saturated rings. The van der Waals surface area contributed by atoms with E-state index in [1.54, 1.807) is 0 Å². The molecule has 0 radical (unpaired) electrons. The van der Waals surface area contributed by atoms with E-state index in [2.05, 4.69) is 5.16 Å². The van der Waals surface area contributed by atoms with Gasteiger partial charge < -0.3 is 5.21 Å². The van der Waals surface area contributed by atoms with Crippen LogP contribution in [0.4, 0.5) is 8.78 Å². The number of halogens is 2. The van der Waals surface area contributed by atoms with Crippen molar-refractivity contribution in [2.45, 2.75) is 12.3 Å². The largest absolute Gasteiger partial charge is 0.411 e. The van der Waals surface area contributed by atoms with Gasteiger partial charge in [0, 0.05) is 23.7 Å². The molecule has 8 atom stereocenters. The van der Waals surface area contributed by atoms with Crippen LogP contribution in [0.15, 0.2) is 5.16 Å². The van der Waals surface area contributed by atoms with E-state index >= 15 is 0 Å². The smallest absolute Gasteiger partial charge is 0.255 e. The van der Waals surface area contributed by atoms with Gasteiger partial charge in [-0.05, 0) is 30.1 Å². The summed E-state index contributed by atoms with van der Waals surface area (Å²) in [6, 6.07) is 0. The first-order valence-electron chi connectivity index (χ1n) is 5.77. The van der Waals surface area contributed by atoms with E-state index in [9.17, 15) is 8.78 Å². The lowest BCUT2D eigenvalue weighted by Gasteiger charge is -2.46. The summed E-state index contributed by atoms with van der Waals surface area (Å²) < 4.78 is 28.1. The molecule has 0 amide bonds. The van der Waals surface area contributed by atoms with Crippen LogP contribution >= 0.6 is 0 Å². The van der Waals surface area contributed by atoms with Crippen molar-refractivity contribution in [3.05, 3.63) is 0 Å². The minimum Gasteiger partial charge on any atom is -0.411 e. The SMILES string of the molecule is O/N=C1\C2C3CC4C5C3C1C5C(F)(F)C42. The highest BCUT2D eigenvalue weighted by molar-refractivity contribution is 5.96. The molecule has 15 heavy (non-hydrogen) atoms. The highest BCUT2D eigenvalue weighted by Gasteiger charge is 2.88. The van der Waals surface area contributed by atoms with Crippen LogP contribution in [-0.4, -0.2) is 16.8 Å². The maximum absolute atomic E-state index is 14.1. The van der Waals surface area contributed by atoms with Gasteiger partial charge in [-0.15, -0.1) is 0 Å². The Labute approximate surface area is 85.3 Å². The first-order chi connectivity index (χ1) is 7.18. The van der Waals surface area contributed by atoms with Gasteiger partial charge in [0.2, 0.25) is 0 Å². The zero-order valence-corrected chi connectivity index (χ0v) is 7.98. The summed E-state index contributed by atoms with van der Waals surface area (Å²) >= 11 is 0. The number of hydrogen-bond acceptors (Lipinski definition) is 2. The monoisotopic (exact) mass is 211 g/mol. The number of oxime groups is 1. The Kier molecular flexibility index (Phi) is 0.869. The summed E-state index contributed by atoms with van der Waals surface area (Å²) in [7, 11) is 0. The lowest BCUT2D eigenvalue weighted by molar-refractivity contribution is -0.131. The average molecular weight is 211 g/mol. The molecule has 0 aromatic rings. The molecular weight excluding hydrogens is 200 g/mol. The summed E-state index contributed by atoms with van der Waals surface area (Å²) in [5.41, 5.74) is 0.738. The molecule has 5 saturated carbocycles. The normalized spacial score (nSPS) is 72.0. The third-order valence-electron chi connectivity index (χ3n) is 6.19. The van der Waals surface area contributed by atoms with E-state index in [0.29, 0.717) is 11.8 Å². The van der Waals surface area contributed by atoms with Crippen molar-refractivity contribution >= 4 is 5.71 Å². The van der Waals surface area contributed by atoms with Crippen molar-refractivity contribution < 1.29 is 14.0 Å². The van der Waals surface area contributed by atoms with Gasteiger partial charge in [0.05, 0.1) is 5.71 Å². The molecule has 0 spiro atoms. The molecule has 2 nitrogen and oxygen atoms in total. The second kappa shape index (κ2) is 1.72. The van der Waals surface area contributed by atoms with Crippen molar-refractivity contribution in [1.82, 2.24) is 0 Å². The van der Waals surface area contributed by atoms with Crippen molar-refractivity contribution in [3.63, 3.8) is 0 Å². The molecule has 0 saturated heterocycles. The molecule has 4 heteroatoms. The van der Waals surface area contributed by atoms with Crippen LogP contribution in [0.3, 0.4) is 0 Å². The molecule has 80 valence electrons. The second-order valence-electron chi connectivity index (χ2n) is 6.02. The predicted octanol–water partition coefficient (Wildman–Crippen LogP) is 1.84. The second-order valence-corrected chi connectivity index (χ2v) is 6.02. The highest BCUT2D eigenvalue weighted by Crippen LogP contribution is 2.85. The zero-order chi connectivity index (χ0) is 10.1. The van der Waals surface area contributed by atoms with Crippen LogP contribution in [0.1, 0.15) is 6.42 Å². The van der Waals surface area contributed by atoms with Gasteiger partial charge in [-0.1, -0.05) is 5.16 Å². The fourth-order valence-corrected chi connectivity index (χ4v) is 6.23. The van der Waals surface area contributed by atoms with E-state index in [4.69, 9.17) is 5.21 Å². The third kappa shape index (κ3) is 0.455. The van der Waals surface area contributed by atoms with Crippen molar-refractivity contribution in [3.8, 4) is 0 Å². The molecule has 2 bridgehead atoms. The fraction of sp³-hybridized carbons (Fsp3) is 0.909. The average Bonchev–Trinajstić information content (AvgIpc) is 2.61. The van der Waals surface area contributed by atoms with Crippen LogP contribution < -0.4 is 0 Å². The molecule has 8 unspecified atom stereocenters. The molecule has 0 heterocycles. The third-order valence-corrected chi connectivity index (χ3v) is 6.19. The Bertz CT molecular complexity index is 421. The molecule has 5 aliphatic rings. The molecule has 0 aromatic heterocycles. The summed E-state index contributed by atoms with van der Waals surface area (Å²) in [4.78, 5) is 0. The minimum atomic E-state index is -2.46. The fourth-order valence-electron chi connectivity index (χ4n) is 6.23. The van der Waals surface area contributed by atoms with Crippen molar-refractivity contribution in [2.24, 2.45) is 52.5 Å². The Hall–Kier alpha value is -0.670. The maximum Gasteiger partial charge on any atom is 0.255 e. The van der Waals surface area contributed by atoms with Gasteiger partial charge in [0.25, 0.3) is 5.92 Å². The molecule has 0 aromatic carbocycles. The summed E-state index contributed by atoms with van der Waals surface area (Å²) in [6.07, 6.45) is 0.978. The number of alkyl halides is 2. The number of fused-ring (bicyclic) bond motifs is 2.